The van der Waals surface area contributed by atoms with Gasteiger partial charge in [-0.25, -0.2) is 14.8 Å². The van der Waals surface area contributed by atoms with E-state index >= 15 is 0 Å². The molecule has 1 rings (SSSR count). The zero-order chi connectivity index (χ0) is 9.68. The van der Waals surface area contributed by atoms with Crippen LogP contribution in [-0.2, 0) is 16.0 Å². The quantitative estimate of drug-likeness (QED) is 0.506. The van der Waals surface area contributed by atoms with Crippen molar-refractivity contribution in [3.63, 3.8) is 0 Å². The third-order valence-electron chi connectivity index (χ3n) is 1.51. The molecule has 13 heavy (non-hydrogen) atoms. The molecule has 0 radical (unpaired) electrons. The van der Waals surface area contributed by atoms with E-state index < -0.39 is 5.97 Å². The molecule has 0 saturated carbocycles. The second-order valence-electron chi connectivity index (χ2n) is 2.52. The molecule has 0 N–H and O–H groups in total. The predicted octanol–water partition coefficient (Wildman–Crippen LogP) is 0.748. The number of nitrogens with zero attached hydrogens (tertiary/aromatic N) is 2. The lowest BCUT2D eigenvalue weighted by Crippen LogP contribution is -2.06. The highest BCUT2D eigenvalue weighted by Gasteiger charge is 2.06. The minimum atomic E-state index is -0.399. The van der Waals surface area contributed by atoms with Gasteiger partial charge >= 0.3 is 5.97 Å². The summed E-state index contributed by atoms with van der Waals surface area (Å²) in [5, 5.41) is 0. The van der Waals surface area contributed by atoms with Crippen LogP contribution < -0.4 is 0 Å². The molecule has 4 nitrogen and oxygen atoms in total. The van der Waals surface area contributed by atoms with Crippen LogP contribution in [0.4, 0.5) is 0 Å². The van der Waals surface area contributed by atoms with Gasteiger partial charge in [0.05, 0.1) is 7.11 Å². The van der Waals surface area contributed by atoms with Crippen LogP contribution in [0.2, 0.25) is 0 Å². The van der Waals surface area contributed by atoms with Crippen molar-refractivity contribution in [1.29, 1.82) is 0 Å². The van der Waals surface area contributed by atoms with Gasteiger partial charge in [-0.15, -0.1) is 0 Å². The fourth-order valence-electron chi connectivity index (χ4n) is 0.884. The average Bonchev–Trinajstić information content (AvgIpc) is 2.18. The fourth-order valence-corrected chi connectivity index (χ4v) is 0.884. The molecule has 0 aliphatic heterocycles. The van der Waals surface area contributed by atoms with E-state index in [2.05, 4.69) is 21.3 Å². The van der Waals surface area contributed by atoms with Crippen LogP contribution in [0.5, 0.6) is 0 Å². The van der Waals surface area contributed by atoms with Gasteiger partial charge in [-0.2, -0.15) is 0 Å². The number of hydrogen-bond acceptors (Lipinski definition) is 4. The van der Waals surface area contributed by atoms with Crippen LogP contribution in [-0.4, -0.2) is 23.0 Å². The van der Waals surface area contributed by atoms with Crippen LogP contribution in [0, 0.1) is 0 Å². The molecule has 0 saturated heterocycles. The normalized spacial score (nSPS) is 9.31. The number of carbonyl (C=O) groups excluding carboxylic acids is 1. The van der Waals surface area contributed by atoms with Crippen molar-refractivity contribution >= 4 is 5.97 Å². The smallest absolute Gasteiger partial charge is 0.333 e. The van der Waals surface area contributed by atoms with Gasteiger partial charge in [-0.1, -0.05) is 6.58 Å². The number of hydrogen-bond donors (Lipinski definition) is 0. The maximum Gasteiger partial charge on any atom is 0.333 e. The SMILES string of the molecule is C=C(Cc1cncnc1)C(=O)OC. The van der Waals surface area contributed by atoms with Gasteiger partial charge in [0.1, 0.15) is 6.33 Å². The van der Waals surface area contributed by atoms with Gasteiger partial charge in [0.2, 0.25) is 0 Å². The number of aromatic nitrogens is 2. The zero-order valence-electron chi connectivity index (χ0n) is 7.36. The Labute approximate surface area is 76.3 Å². The molecule has 68 valence electrons. The molecule has 1 aromatic heterocycles. The maximum absolute atomic E-state index is 11.0. The van der Waals surface area contributed by atoms with Gasteiger partial charge in [0, 0.05) is 24.4 Å². The molecule has 1 aromatic rings. The first-order valence-electron chi connectivity index (χ1n) is 3.74. The highest BCUT2D eigenvalue weighted by Crippen LogP contribution is 2.04. The number of ether oxygens (including phenoxy) is 1. The third kappa shape index (κ3) is 2.66. The van der Waals surface area contributed by atoms with Gasteiger partial charge in [0.25, 0.3) is 0 Å². The van der Waals surface area contributed by atoms with Crippen LogP contribution in [0.3, 0.4) is 0 Å². The summed E-state index contributed by atoms with van der Waals surface area (Å²) < 4.78 is 4.50. The molecule has 0 aliphatic carbocycles. The van der Waals surface area contributed by atoms with E-state index in [4.69, 9.17) is 0 Å². The first-order chi connectivity index (χ1) is 6.24. The third-order valence-corrected chi connectivity index (χ3v) is 1.51. The Bertz CT molecular complexity index is 309. The first kappa shape index (κ1) is 9.38. The number of carbonyl (C=O) groups is 1. The first-order valence-corrected chi connectivity index (χ1v) is 3.74. The monoisotopic (exact) mass is 178 g/mol. The molecule has 1 heterocycles. The summed E-state index contributed by atoms with van der Waals surface area (Å²) in [5.41, 5.74) is 1.25. The Morgan fingerprint density at radius 3 is 2.69 bits per heavy atom. The largest absolute Gasteiger partial charge is 0.466 e. The Morgan fingerprint density at radius 1 is 1.54 bits per heavy atom. The van der Waals surface area contributed by atoms with E-state index in [0.717, 1.165) is 5.56 Å². The van der Waals surface area contributed by atoms with Crippen LogP contribution in [0.25, 0.3) is 0 Å². The summed E-state index contributed by atoms with van der Waals surface area (Å²) >= 11 is 0. The molecule has 0 fully saturated rings. The molecule has 0 spiro atoms. The van der Waals surface area contributed by atoms with Crippen molar-refractivity contribution in [2.24, 2.45) is 0 Å². The predicted molar refractivity (Wildman–Crippen MR) is 46.9 cm³/mol. The van der Waals surface area contributed by atoms with Crippen LogP contribution >= 0.6 is 0 Å². The Morgan fingerprint density at radius 2 is 2.15 bits per heavy atom. The second-order valence-corrected chi connectivity index (χ2v) is 2.52. The second kappa shape index (κ2) is 4.35. The number of methoxy groups -OCH3 is 1. The highest BCUT2D eigenvalue weighted by atomic mass is 16.5. The molecule has 0 bridgehead atoms. The summed E-state index contributed by atoms with van der Waals surface area (Å²) in [7, 11) is 1.33. The molecular formula is C9H10N2O2. The molecule has 0 aromatic carbocycles. The highest BCUT2D eigenvalue weighted by molar-refractivity contribution is 5.88. The van der Waals surface area contributed by atoms with Crippen LogP contribution in [0.15, 0.2) is 30.9 Å². The van der Waals surface area contributed by atoms with E-state index in [-0.39, 0.29) is 0 Å². The van der Waals surface area contributed by atoms with E-state index in [1.165, 1.54) is 13.4 Å². The standard InChI is InChI=1S/C9H10N2O2/c1-7(9(12)13-2)3-8-4-10-6-11-5-8/h4-6H,1,3H2,2H3. The van der Waals surface area contributed by atoms with E-state index in [9.17, 15) is 4.79 Å². The fraction of sp³-hybridized carbons (Fsp3) is 0.222. The summed E-state index contributed by atoms with van der Waals surface area (Å²) in [4.78, 5) is 18.6. The van der Waals surface area contributed by atoms with E-state index in [1.807, 2.05) is 0 Å². The summed E-state index contributed by atoms with van der Waals surface area (Å²) in [6.45, 7) is 3.59. The van der Waals surface area contributed by atoms with Gasteiger partial charge in [-0.05, 0) is 5.56 Å². The molecular weight excluding hydrogens is 168 g/mol. The van der Waals surface area contributed by atoms with Gasteiger partial charge < -0.3 is 4.74 Å². The lowest BCUT2D eigenvalue weighted by molar-refractivity contribution is -0.136. The number of esters is 1. The molecule has 0 amide bonds. The van der Waals surface area contributed by atoms with Gasteiger partial charge in [-0.3, -0.25) is 0 Å². The van der Waals surface area contributed by atoms with Crippen molar-refractivity contribution in [3.05, 3.63) is 36.4 Å². The molecule has 0 aliphatic rings. The van der Waals surface area contributed by atoms with Crippen molar-refractivity contribution in [1.82, 2.24) is 9.97 Å². The van der Waals surface area contributed by atoms with Crippen molar-refractivity contribution in [2.45, 2.75) is 6.42 Å². The Kier molecular flexibility index (Phi) is 3.14. The van der Waals surface area contributed by atoms with Gasteiger partial charge in [0.15, 0.2) is 0 Å². The topological polar surface area (TPSA) is 52.1 Å². The average molecular weight is 178 g/mol. The van der Waals surface area contributed by atoms with Crippen molar-refractivity contribution in [3.8, 4) is 0 Å². The van der Waals surface area contributed by atoms with Crippen molar-refractivity contribution in [2.75, 3.05) is 7.11 Å². The molecule has 0 unspecified atom stereocenters. The van der Waals surface area contributed by atoms with E-state index in [0.29, 0.717) is 12.0 Å². The molecule has 0 atom stereocenters. The summed E-state index contributed by atoms with van der Waals surface area (Å²) in [6.07, 6.45) is 5.14. The zero-order valence-corrected chi connectivity index (χ0v) is 7.36. The lowest BCUT2D eigenvalue weighted by atomic mass is 10.1. The minimum absolute atomic E-state index is 0.399. The Hall–Kier alpha value is -1.71. The van der Waals surface area contributed by atoms with E-state index in [1.54, 1.807) is 12.4 Å². The summed E-state index contributed by atoms with van der Waals surface area (Å²) in [5.74, 6) is -0.399. The molecule has 4 heteroatoms. The van der Waals surface area contributed by atoms with Crippen LogP contribution in [0.1, 0.15) is 5.56 Å². The summed E-state index contributed by atoms with van der Waals surface area (Å²) in [6, 6.07) is 0. The lowest BCUT2D eigenvalue weighted by Gasteiger charge is -2.01. The number of rotatable bonds is 3. The minimum Gasteiger partial charge on any atom is -0.466 e. The maximum atomic E-state index is 11.0. The Balaban J connectivity index is 2.60. The van der Waals surface area contributed by atoms with Crippen molar-refractivity contribution < 1.29 is 9.53 Å².